The van der Waals surface area contributed by atoms with Gasteiger partial charge in [-0.1, -0.05) is 23.7 Å². The van der Waals surface area contributed by atoms with Crippen molar-refractivity contribution in [3.05, 3.63) is 35.0 Å². The molecule has 1 N–H and O–H groups in total. The molecule has 0 bridgehead atoms. The second-order valence-corrected chi connectivity index (χ2v) is 5.51. The van der Waals surface area contributed by atoms with E-state index in [-0.39, 0.29) is 0 Å². The Labute approximate surface area is 107 Å². The zero-order valence-electron chi connectivity index (χ0n) is 10.3. The van der Waals surface area contributed by atoms with Crippen LogP contribution in [0.2, 0.25) is 5.02 Å². The van der Waals surface area contributed by atoms with Crippen molar-refractivity contribution in [3.8, 4) is 0 Å². The molecule has 2 aromatic rings. The van der Waals surface area contributed by atoms with E-state index in [0.717, 1.165) is 17.1 Å². The lowest BCUT2D eigenvalue weighted by molar-refractivity contribution is 0.626. The summed E-state index contributed by atoms with van der Waals surface area (Å²) in [6.07, 6.45) is 4.81. The Morgan fingerprint density at radius 1 is 1.41 bits per heavy atom. The summed E-state index contributed by atoms with van der Waals surface area (Å²) in [5.74, 6) is 0. The molecule has 0 amide bonds. The largest absolute Gasteiger partial charge is 0.349 e. The van der Waals surface area contributed by atoms with Gasteiger partial charge >= 0.3 is 0 Å². The lowest BCUT2D eigenvalue weighted by Gasteiger charge is -2.13. The van der Waals surface area contributed by atoms with E-state index in [9.17, 15) is 0 Å². The molecule has 1 saturated carbocycles. The van der Waals surface area contributed by atoms with Gasteiger partial charge in [-0.3, -0.25) is 0 Å². The molecule has 1 fully saturated rings. The molecule has 1 heterocycles. The van der Waals surface area contributed by atoms with Crippen LogP contribution in [0.3, 0.4) is 0 Å². The van der Waals surface area contributed by atoms with Crippen molar-refractivity contribution in [2.75, 3.05) is 13.6 Å². The fraction of sp³-hybridized carbons (Fsp3) is 0.429. The number of rotatable bonds is 3. The maximum Gasteiger partial charge on any atom is 0.0670 e. The van der Waals surface area contributed by atoms with Gasteiger partial charge in [0, 0.05) is 30.6 Å². The highest BCUT2D eigenvalue weighted by Gasteiger charge is 2.45. The summed E-state index contributed by atoms with van der Waals surface area (Å²) in [5, 5.41) is 5.47. The number of benzene rings is 1. The molecule has 3 rings (SSSR count). The van der Waals surface area contributed by atoms with Crippen molar-refractivity contribution < 1.29 is 0 Å². The van der Waals surface area contributed by atoms with Crippen LogP contribution in [0.4, 0.5) is 0 Å². The summed E-state index contributed by atoms with van der Waals surface area (Å²) in [5.41, 5.74) is 2.96. The van der Waals surface area contributed by atoms with Crippen molar-refractivity contribution >= 4 is 22.5 Å². The maximum atomic E-state index is 6.29. The van der Waals surface area contributed by atoms with E-state index in [2.05, 4.69) is 29.2 Å². The van der Waals surface area contributed by atoms with Crippen molar-refractivity contribution in [3.63, 3.8) is 0 Å². The van der Waals surface area contributed by atoms with Gasteiger partial charge in [-0.05, 0) is 31.5 Å². The predicted molar refractivity (Wildman–Crippen MR) is 72.8 cm³/mol. The first-order valence-electron chi connectivity index (χ1n) is 6.06. The molecule has 90 valence electrons. The van der Waals surface area contributed by atoms with Crippen LogP contribution < -0.4 is 5.32 Å². The van der Waals surface area contributed by atoms with Gasteiger partial charge in [0.2, 0.25) is 0 Å². The number of hydrogen-bond acceptors (Lipinski definition) is 1. The van der Waals surface area contributed by atoms with Crippen LogP contribution in [0.5, 0.6) is 0 Å². The zero-order valence-corrected chi connectivity index (χ0v) is 11.0. The molecule has 0 unspecified atom stereocenters. The molecule has 17 heavy (non-hydrogen) atoms. The molecule has 2 nitrogen and oxygen atoms in total. The molecular formula is C14H17ClN2. The maximum absolute atomic E-state index is 6.29. The first-order valence-corrected chi connectivity index (χ1v) is 6.44. The second kappa shape index (κ2) is 3.76. The number of halogens is 1. The van der Waals surface area contributed by atoms with E-state index in [1.807, 2.05) is 19.2 Å². The van der Waals surface area contributed by atoms with Crippen molar-refractivity contribution in [1.29, 1.82) is 0 Å². The van der Waals surface area contributed by atoms with Crippen LogP contribution in [0.1, 0.15) is 18.4 Å². The standard InChI is InChI=1S/C14H17ClN2/c1-16-9-14(6-7-14)11-8-17(2)13-10(11)4-3-5-12(13)15/h3-5,8,16H,6-7,9H2,1-2H3. The third-order valence-corrected chi connectivity index (χ3v) is 4.20. The summed E-state index contributed by atoms with van der Waals surface area (Å²) >= 11 is 6.29. The molecule has 3 heteroatoms. The van der Waals surface area contributed by atoms with Crippen LogP contribution >= 0.6 is 11.6 Å². The van der Waals surface area contributed by atoms with Gasteiger partial charge in [0.25, 0.3) is 0 Å². The Kier molecular flexibility index (Phi) is 2.46. The number of nitrogens with one attached hydrogen (secondary N) is 1. The third-order valence-electron chi connectivity index (χ3n) is 3.89. The van der Waals surface area contributed by atoms with Crippen molar-refractivity contribution in [2.45, 2.75) is 18.3 Å². The van der Waals surface area contributed by atoms with Gasteiger partial charge in [-0.15, -0.1) is 0 Å². The summed E-state index contributed by atoms with van der Waals surface area (Å²) in [6.45, 7) is 1.05. The molecule has 0 radical (unpaired) electrons. The van der Waals surface area contributed by atoms with E-state index in [1.54, 1.807) is 0 Å². The fourth-order valence-electron chi connectivity index (χ4n) is 2.87. The molecule has 0 spiro atoms. The normalized spacial score (nSPS) is 17.6. The van der Waals surface area contributed by atoms with E-state index >= 15 is 0 Å². The summed E-state index contributed by atoms with van der Waals surface area (Å²) < 4.78 is 2.16. The minimum absolute atomic E-state index is 0.346. The number of nitrogens with zero attached hydrogens (tertiary/aromatic N) is 1. The minimum atomic E-state index is 0.346. The van der Waals surface area contributed by atoms with Gasteiger partial charge in [-0.25, -0.2) is 0 Å². The SMILES string of the molecule is CNCC1(c2cn(C)c3c(Cl)cccc23)CC1. The number of fused-ring (bicyclic) bond motifs is 1. The predicted octanol–water partition coefficient (Wildman–Crippen LogP) is 3.08. The van der Waals surface area contributed by atoms with Crippen molar-refractivity contribution in [2.24, 2.45) is 7.05 Å². The van der Waals surface area contributed by atoms with Gasteiger partial charge < -0.3 is 9.88 Å². The van der Waals surface area contributed by atoms with Gasteiger partial charge in [0.05, 0.1) is 10.5 Å². The Bertz CT molecular complexity index is 567. The lowest BCUT2D eigenvalue weighted by Crippen LogP contribution is -2.23. The van der Waals surface area contributed by atoms with Gasteiger partial charge in [0.15, 0.2) is 0 Å². The van der Waals surface area contributed by atoms with E-state index in [0.29, 0.717) is 5.41 Å². The van der Waals surface area contributed by atoms with Crippen LogP contribution in [0.25, 0.3) is 10.9 Å². The molecule has 1 aliphatic rings. The van der Waals surface area contributed by atoms with E-state index < -0.39 is 0 Å². The third kappa shape index (κ3) is 1.59. The topological polar surface area (TPSA) is 17.0 Å². The molecular weight excluding hydrogens is 232 g/mol. The number of likely N-dealkylation sites (N-methyl/N-ethyl adjacent to an activating group) is 1. The monoisotopic (exact) mass is 248 g/mol. The number of hydrogen-bond donors (Lipinski definition) is 1. The molecule has 1 aromatic heterocycles. The zero-order chi connectivity index (χ0) is 12.0. The smallest absolute Gasteiger partial charge is 0.0670 e. The summed E-state index contributed by atoms with van der Waals surface area (Å²) in [6, 6.07) is 6.20. The summed E-state index contributed by atoms with van der Waals surface area (Å²) in [4.78, 5) is 0. The fourth-order valence-corrected chi connectivity index (χ4v) is 3.18. The number of para-hydroxylation sites is 1. The average Bonchev–Trinajstić information content (AvgIpc) is 2.99. The lowest BCUT2D eigenvalue weighted by atomic mass is 9.95. The summed E-state index contributed by atoms with van der Waals surface area (Å²) in [7, 11) is 4.10. The first-order chi connectivity index (χ1) is 8.18. The van der Waals surface area contributed by atoms with Gasteiger partial charge in [0.1, 0.15) is 0 Å². The van der Waals surface area contributed by atoms with E-state index in [1.165, 1.54) is 23.8 Å². The average molecular weight is 249 g/mol. The van der Waals surface area contributed by atoms with Crippen molar-refractivity contribution in [1.82, 2.24) is 9.88 Å². The molecule has 0 atom stereocenters. The van der Waals surface area contributed by atoms with Crippen LogP contribution in [-0.2, 0) is 12.5 Å². The minimum Gasteiger partial charge on any atom is -0.349 e. The Morgan fingerprint density at radius 3 is 2.82 bits per heavy atom. The highest BCUT2D eigenvalue weighted by Crippen LogP contribution is 2.50. The number of aromatic nitrogens is 1. The molecule has 1 aliphatic carbocycles. The molecule has 0 aliphatic heterocycles. The first kappa shape index (κ1) is 11.1. The molecule has 0 saturated heterocycles. The Morgan fingerprint density at radius 2 is 2.18 bits per heavy atom. The quantitative estimate of drug-likeness (QED) is 0.883. The van der Waals surface area contributed by atoms with Crippen LogP contribution in [0, 0.1) is 0 Å². The Hall–Kier alpha value is -0.990. The van der Waals surface area contributed by atoms with E-state index in [4.69, 9.17) is 11.6 Å². The van der Waals surface area contributed by atoms with Crippen LogP contribution in [0.15, 0.2) is 24.4 Å². The van der Waals surface area contributed by atoms with Crippen LogP contribution in [-0.4, -0.2) is 18.2 Å². The Balaban J connectivity index is 2.22. The highest BCUT2D eigenvalue weighted by molar-refractivity contribution is 6.35. The second-order valence-electron chi connectivity index (χ2n) is 5.10. The highest BCUT2D eigenvalue weighted by atomic mass is 35.5. The van der Waals surface area contributed by atoms with Gasteiger partial charge in [-0.2, -0.15) is 0 Å². The number of aryl methyl sites for hydroxylation is 1. The molecule has 1 aromatic carbocycles.